The lowest BCUT2D eigenvalue weighted by Gasteiger charge is -2.16. The summed E-state index contributed by atoms with van der Waals surface area (Å²) in [6.45, 7) is 3.48. The standard InChI is InChI=1S/C20H22FN3O4S/c1-12(2)28-18-9-13(16-11-23-17-10-14(21)4-5-15(16)17)3-6-19(18)29(26,27)24-8-7-20(22)25/h3-6,9-12,23-24H,7-8H2,1-2H3,(H2,22,25). The Hall–Kier alpha value is -2.91. The first-order valence-corrected chi connectivity index (χ1v) is 10.5. The molecule has 0 unspecified atom stereocenters. The van der Waals surface area contributed by atoms with E-state index in [1.54, 1.807) is 38.2 Å². The third-order valence-electron chi connectivity index (χ3n) is 4.21. The first kappa shape index (κ1) is 20.8. The van der Waals surface area contributed by atoms with Crippen molar-refractivity contribution >= 4 is 26.8 Å². The predicted molar refractivity (Wildman–Crippen MR) is 108 cm³/mol. The van der Waals surface area contributed by atoms with Crippen LogP contribution in [-0.2, 0) is 14.8 Å². The van der Waals surface area contributed by atoms with Crippen molar-refractivity contribution in [2.24, 2.45) is 5.73 Å². The van der Waals surface area contributed by atoms with Crippen LogP contribution in [0.3, 0.4) is 0 Å². The molecule has 0 fully saturated rings. The number of aromatic nitrogens is 1. The number of carbonyl (C=O) groups is 1. The van der Waals surface area contributed by atoms with E-state index in [1.165, 1.54) is 18.2 Å². The van der Waals surface area contributed by atoms with Gasteiger partial charge in [0.2, 0.25) is 15.9 Å². The third kappa shape index (κ3) is 4.75. The van der Waals surface area contributed by atoms with Crippen molar-refractivity contribution in [3.8, 4) is 16.9 Å². The van der Waals surface area contributed by atoms with Gasteiger partial charge in [-0.15, -0.1) is 0 Å². The number of hydrogen-bond acceptors (Lipinski definition) is 4. The van der Waals surface area contributed by atoms with Crippen LogP contribution in [0.4, 0.5) is 4.39 Å². The molecule has 0 radical (unpaired) electrons. The number of rotatable bonds is 8. The highest BCUT2D eigenvalue weighted by Crippen LogP contribution is 2.34. The van der Waals surface area contributed by atoms with Crippen molar-refractivity contribution in [2.45, 2.75) is 31.3 Å². The number of aromatic amines is 1. The Balaban J connectivity index is 2.02. The fraction of sp³-hybridized carbons (Fsp3) is 0.250. The molecule has 154 valence electrons. The van der Waals surface area contributed by atoms with Gasteiger partial charge in [0.25, 0.3) is 0 Å². The van der Waals surface area contributed by atoms with E-state index in [2.05, 4.69) is 9.71 Å². The van der Waals surface area contributed by atoms with Gasteiger partial charge in [0, 0.05) is 35.6 Å². The molecule has 0 saturated carbocycles. The van der Waals surface area contributed by atoms with Crippen molar-refractivity contribution < 1.29 is 22.3 Å². The Labute approximate surface area is 168 Å². The highest BCUT2D eigenvalue weighted by atomic mass is 32.2. The first-order valence-electron chi connectivity index (χ1n) is 9.03. The molecule has 1 aromatic heterocycles. The molecule has 0 spiro atoms. The van der Waals surface area contributed by atoms with Crippen LogP contribution in [0.2, 0.25) is 0 Å². The summed E-state index contributed by atoms with van der Waals surface area (Å²) in [5, 5.41) is 0.803. The maximum Gasteiger partial charge on any atom is 0.244 e. The normalized spacial score (nSPS) is 11.9. The zero-order chi connectivity index (χ0) is 21.2. The Morgan fingerprint density at radius 1 is 1.24 bits per heavy atom. The van der Waals surface area contributed by atoms with Crippen LogP contribution in [0.25, 0.3) is 22.0 Å². The van der Waals surface area contributed by atoms with E-state index in [9.17, 15) is 17.6 Å². The summed E-state index contributed by atoms with van der Waals surface area (Å²) in [7, 11) is -3.91. The molecule has 1 heterocycles. The number of H-pyrrole nitrogens is 1. The van der Waals surface area contributed by atoms with Crippen LogP contribution in [0.15, 0.2) is 47.5 Å². The van der Waals surface area contributed by atoms with Gasteiger partial charge in [-0.25, -0.2) is 17.5 Å². The SMILES string of the molecule is CC(C)Oc1cc(-c2c[nH]c3cc(F)ccc23)ccc1S(=O)(=O)NCCC(N)=O. The van der Waals surface area contributed by atoms with Gasteiger partial charge in [0.05, 0.1) is 6.10 Å². The average molecular weight is 419 g/mol. The number of sulfonamides is 1. The molecular weight excluding hydrogens is 397 g/mol. The minimum Gasteiger partial charge on any atom is -0.490 e. The fourth-order valence-electron chi connectivity index (χ4n) is 2.97. The fourth-order valence-corrected chi connectivity index (χ4v) is 4.11. The second-order valence-electron chi connectivity index (χ2n) is 6.83. The Kier molecular flexibility index (Phi) is 5.90. The average Bonchev–Trinajstić information content (AvgIpc) is 3.03. The Bertz CT molecular complexity index is 1160. The van der Waals surface area contributed by atoms with Crippen LogP contribution >= 0.6 is 0 Å². The summed E-state index contributed by atoms with van der Waals surface area (Å²) in [4.78, 5) is 13.9. The number of fused-ring (bicyclic) bond motifs is 1. The lowest BCUT2D eigenvalue weighted by molar-refractivity contribution is -0.117. The number of amides is 1. The molecule has 3 aromatic rings. The summed E-state index contributed by atoms with van der Waals surface area (Å²) in [6.07, 6.45) is 1.36. The lowest BCUT2D eigenvalue weighted by atomic mass is 10.0. The zero-order valence-electron chi connectivity index (χ0n) is 16.0. The molecule has 2 aromatic carbocycles. The van der Waals surface area contributed by atoms with Crippen LogP contribution in [0.1, 0.15) is 20.3 Å². The number of halogens is 1. The number of nitrogens with one attached hydrogen (secondary N) is 2. The van der Waals surface area contributed by atoms with E-state index < -0.39 is 15.9 Å². The zero-order valence-corrected chi connectivity index (χ0v) is 16.8. The highest BCUT2D eigenvalue weighted by molar-refractivity contribution is 7.89. The van der Waals surface area contributed by atoms with Crippen molar-refractivity contribution in [3.63, 3.8) is 0 Å². The molecule has 0 aliphatic heterocycles. The van der Waals surface area contributed by atoms with E-state index in [0.717, 1.165) is 16.5 Å². The van der Waals surface area contributed by atoms with Crippen molar-refractivity contribution in [1.29, 1.82) is 0 Å². The van der Waals surface area contributed by atoms with E-state index in [0.29, 0.717) is 5.52 Å². The van der Waals surface area contributed by atoms with Crippen LogP contribution in [-0.4, -0.2) is 32.0 Å². The quantitative estimate of drug-likeness (QED) is 0.521. The number of hydrogen-bond donors (Lipinski definition) is 3. The molecule has 9 heteroatoms. The van der Waals surface area contributed by atoms with Gasteiger partial charge in [-0.3, -0.25) is 4.79 Å². The Morgan fingerprint density at radius 3 is 2.69 bits per heavy atom. The lowest BCUT2D eigenvalue weighted by Crippen LogP contribution is -2.28. The van der Waals surface area contributed by atoms with E-state index in [-0.39, 0.29) is 35.5 Å². The number of nitrogens with two attached hydrogens (primary N) is 1. The van der Waals surface area contributed by atoms with Crippen LogP contribution in [0.5, 0.6) is 5.75 Å². The van der Waals surface area contributed by atoms with Crippen LogP contribution in [0, 0.1) is 5.82 Å². The van der Waals surface area contributed by atoms with E-state index in [1.807, 2.05) is 0 Å². The second-order valence-corrected chi connectivity index (χ2v) is 8.57. The summed E-state index contributed by atoms with van der Waals surface area (Å²) in [6, 6.07) is 9.16. The van der Waals surface area contributed by atoms with Gasteiger partial charge in [0.15, 0.2) is 0 Å². The summed E-state index contributed by atoms with van der Waals surface area (Å²) < 4.78 is 46.9. The van der Waals surface area contributed by atoms with Gasteiger partial charge < -0.3 is 15.5 Å². The molecule has 0 aliphatic rings. The summed E-state index contributed by atoms with van der Waals surface area (Å²) >= 11 is 0. The van der Waals surface area contributed by atoms with Crippen molar-refractivity contribution in [1.82, 2.24) is 9.71 Å². The monoisotopic (exact) mass is 419 g/mol. The number of carbonyl (C=O) groups excluding carboxylic acids is 1. The molecule has 3 rings (SSSR count). The first-order chi connectivity index (χ1) is 13.7. The topological polar surface area (TPSA) is 114 Å². The molecule has 1 amide bonds. The smallest absolute Gasteiger partial charge is 0.244 e. The number of primary amides is 1. The number of benzene rings is 2. The number of ether oxygens (including phenoxy) is 1. The maximum atomic E-state index is 13.4. The minimum atomic E-state index is -3.91. The van der Waals surface area contributed by atoms with Crippen molar-refractivity contribution in [2.75, 3.05) is 6.54 Å². The predicted octanol–water partition coefficient (Wildman–Crippen LogP) is 2.91. The van der Waals surface area contributed by atoms with Gasteiger partial charge >= 0.3 is 0 Å². The highest BCUT2D eigenvalue weighted by Gasteiger charge is 2.21. The summed E-state index contributed by atoms with van der Waals surface area (Å²) in [5.74, 6) is -0.767. The van der Waals surface area contributed by atoms with Gasteiger partial charge in [-0.2, -0.15) is 0 Å². The molecule has 7 nitrogen and oxygen atoms in total. The molecule has 29 heavy (non-hydrogen) atoms. The van der Waals surface area contributed by atoms with Gasteiger partial charge in [0.1, 0.15) is 16.5 Å². The van der Waals surface area contributed by atoms with Crippen molar-refractivity contribution in [3.05, 3.63) is 48.4 Å². The van der Waals surface area contributed by atoms with Crippen LogP contribution < -0.4 is 15.2 Å². The molecule has 0 bridgehead atoms. The molecule has 0 atom stereocenters. The molecule has 0 saturated heterocycles. The minimum absolute atomic E-state index is 0.0368. The molecular formula is C20H22FN3O4S. The largest absolute Gasteiger partial charge is 0.490 e. The van der Waals surface area contributed by atoms with Gasteiger partial charge in [-0.05, 0) is 49.7 Å². The molecule has 0 aliphatic carbocycles. The maximum absolute atomic E-state index is 13.4. The third-order valence-corrected chi connectivity index (χ3v) is 5.71. The van der Waals surface area contributed by atoms with E-state index in [4.69, 9.17) is 10.5 Å². The molecule has 4 N–H and O–H groups in total. The summed E-state index contributed by atoms with van der Waals surface area (Å²) in [5.41, 5.74) is 7.20. The second kappa shape index (κ2) is 8.22. The van der Waals surface area contributed by atoms with E-state index >= 15 is 0 Å². The van der Waals surface area contributed by atoms with Gasteiger partial charge in [-0.1, -0.05) is 6.07 Å². The Morgan fingerprint density at radius 2 is 2.00 bits per heavy atom.